The first kappa shape index (κ1) is 8.21. The Morgan fingerprint density at radius 2 is 1.50 bits per heavy atom. The van der Waals surface area contributed by atoms with Crippen LogP contribution in [0.15, 0.2) is 0 Å². The molecule has 0 aromatic carbocycles. The van der Waals surface area contributed by atoms with Gasteiger partial charge in [0.15, 0.2) is 0 Å². The van der Waals surface area contributed by atoms with Gasteiger partial charge in [-0.25, -0.2) is 4.39 Å². The van der Waals surface area contributed by atoms with Crippen molar-refractivity contribution in [2.75, 3.05) is 0 Å². The quantitative estimate of drug-likeness (QED) is 0.591. The van der Waals surface area contributed by atoms with Crippen LogP contribution in [0.3, 0.4) is 0 Å². The topological polar surface area (TPSA) is 17.1 Å². The minimum Gasteiger partial charge on any atom is -0.299 e. The molecule has 3 aliphatic carbocycles. The zero-order valence-electron chi connectivity index (χ0n) is 7.53. The monoisotopic (exact) mass is 170 g/mol. The summed E-state index contributed by atoms with van der Waals surface area (Å²) in [5, 5.41) is 0. The van der Waals surface area contributed by atoms with E-state index >= 15 is 0 Å². The summed E-state index contributed by atoms with van der Waals surface area (Å²) in [6.07, 6.45) is 4.22. The predicted octanol–water partition coefficient (Wildman–Crippen LogP) is 2.64. The van der Waals surface area contributed by atoms with Crippen molar-refractivity contribution in [2.45, 2.75) is 51.1 Å². The van der Waals surface area contributed by atoms with Crippen molar-refractivity contribution >= 4 is 5.78 Å². The van der Waals surface area contributed by atoms with Crippen LogP contribution in [-0.4, -0.2) is 11.5 Å². The fourth-order valence-corrected chi connectivity index (χ4v) is 2.67. The molecule has 0 amide bonds. The lowest BCUT2D eigenvalue weighted by molar-refractivity contribution is -0.136. The normalized spacial score (nSPS) is 46.2. The maximum atomic E-state index is 13.7. The van der Waals surface area contributed by atoms with Gasteiger partial charge in [0, 0.05) is 5.41 Å². The minimum absolute atomic E-state index is 0.117. The molecule has 0 heterocycles. The van der Waals surface area contributed by atoms with Gasteiger partial charge in [-0.3, -0.25) is 4.79 Å². The molecule has 0 radical (unpaired) electrons. The highest BCUT2D eigenvalue weighted by molar-refractivity contribution is 5.82. The molecule has 0 spiro atoms. The van der Waals surface area contributed by atoms with Gasteiger partial charge in [-0.1, -0.05) is 0 Å². The Labute approximate surface area is 72.3 Å². The number of Topliss-reactive ketones (excluding diaryl/α,β-unsaturated/α-hetero) is 1. The highest BCUT2D eigenvalue weighted by atomic mass is 19.1. The van der Waals surface area contributed by atoms with Crippen molar-refractivity contribution in [3.8, 4) is 0 Å². The summed E-state index contributed by atoms with van der Waals surface area (Å²) >= 11 is 0. The largest absolute Gasteiger partial charge is 0.299 e. The summed E-state index contributed by atoms with van der Waals surface area (Å²) in [5.74, 6) is 0.282. The molecule has 0 aliphatic heterocycles. The molecule has 0 N–H and O–H groups in total. The van der Waals surface area contributed by atoms with E-state index in [0.717, 1.165) is 19.3 Å². The first-order valence-corrected chi connectivity index (χ1v) is 4.76. The Kier molecular flexibility index (Phi) is 1.57. The van der Waals surface area contributed by atoms with Crippen LogP contribution in [-0.2, 0) is 4.79 Å². The summed E-state index contributed by atoms with van der Waals surface area (Å²) in [5.41, 5.74) is -1.02. The molecule has 3 fully saturated rings. The second kappa shape index (κ2) is 2.30. The van der Waals surface area contributed by atoms with Crippen LogP contribution < -0.4 is 0 Å². The van der Waals surface area contributed by atoms with Crippen molar-refractivity contribution < 1.29 is 9.18 Å². The first-order valence-electron chi connectivity index (χ1n) is 4.76. The Morgan fingerprint density at radius 1 is 1.08 bits per heavy atom. The van der Waals surface area contributed by atoms with Crippen LogP contribution in [0.25, 0.3) is 0 Å². The van der Waals surface area contributed by atoms with Crippen molar-refractivity contribution in [3.05, 3.63) is 0 Å². The third-order valence-electron chi connectivity index (χ3n) is 3.90. The van der Waals surface area contributed by atoms with Gasteiger partial charge in [0.1, 0.15) is 11.5 Å². The minimum atomic E-state index is -0.906. The lowest BCUT2D eigenvalue weighted by atomic mass is 9.58. The van der Waals surface area contributed by atoms with E-state index in [1.54, 1.807) is 6.92 Å². The molecule has 0 saturated heterocycles. The third kappa shape index (κ3) is 1.00. The number of rotatable bonds is 1. The number of alkyl halides is 1. The SMILES string of the molecule is CC(=O)C12CCC(F)(CC1)CC2. The van der Waals surface area contributed by atoms with E-state index in [1.807, 2.05) is 0 Å². The molecule has 3 aliphatic rings. The number of carbonyl (C=O) groups excluding carboxylic acids is 1. The second-order valence-electron chi connectivity index (χ2n) is 4.49. The van der Waals surface area contributed by atoms with E-state index in [2.05, 4.69) is 0 Å². The van der Waals surface area contributed by atoms with E-state index < -0.39 is 5.67 Å². The standard InChI is InChI=1S/C10H15FO/c1-8(12)9-2-5-10(11,6-3-9)7-4-9/h2-7H2,1H3. The highest BCUT2D eigenvalue weighted by Crippen LogP contribution is 2.54. The van der Waals surface area contributed by atoms with Crippen LogP contribution in [0.5, 0.6) is 0 Å². The number of hydrogen-bond donors (Lipinski definition) is 0. The summed E-state index contributed by atoms with van der Waals surface area (Å²) < 4.78 is 13.7. The smallest absolute Gasteiger partial charge is 0.135 e. The van der Waals surface area contributed by atoms with E-state index in [-0.39, 0.29) is 11.2 Å². The maximum absolute atomic E-state index is 13.7. The van der Waals surface area contributed by atoms with Gasteiger partial charge in [0.25, 0.3) is 0 Å². The van der Waals surface area contributed by atoms with Gasteiger partial charge < -0.3 is 0 Å². The van der Waals surface area contributed by atoms with Crippen LogP contribution in [0, 0.1) is 5.41 Å². The van der Waals surface area contributed by atoms with Crippen LogP contribution >= 0.6 is 0 Å². The summed E-state index contributed by atoms with van der Waals surface area (Å²) in [6.45, 7) is 1.66. The zero-order chi connectivity index (χ0) is 8.82. The van der Waals surface area contributed by atoms with E-state index in [1.165, 1.54) is 0 Å². The molecule has 3 saturated carbocycles. The van der Waals surface area contributed by atoms with Crippen molar-refractivity contribution in [1.29, 1.82) is 0 Å². The maximum Gasteiger partial charge on any atom is 0.135 e. The summed E-state index contributed by atoms with van der Waals surface area (Å²) in [7, 11) is 0. The lowest BCUT2D eigenvalue weighted by Gasteiger charge is -2.48. The zero-order valence-corrected chi connectivity index (χ0v) is 7.53. The van der Waals surface area contributed by atoms with E-state index in [9.17, 15) is 9.18 Å². The van der Waals surface area contributed by atoms with E-state index in [0.29, 0.717) is 19.3 Å². The number of hydrogen-bond acceptors (Lipinski definition) is 1. The van der Waals surface area contributed by atoms with Gasteiger partial charge >= 0.3 is 0 Å². The van der Waals surface area contributed by atoms with Crippen molar-refractivity contribution in [1.82, 2.24) is 0 Å². The van der Waals surface area contributed by atoms with E-state index in [4.69, 9.17) is 0 Å². The molecule has 68 valence electrons. The molecule has 2 heteroatoms. The number of halogens is 1. The molecule has 0 unspecified atom stereocenters. The molecule has 0 atom stereocenters. The summed E-state index contributed by atoms with van der Waals surface area (Å²) in [4.78, 5) is 11.4. The van der Waals surface area contributed by atoms with Crippen LogP contribution in [0.1, 0.15) is 45.4 Å². The molecule has 2 bridgehead atoms. The second-order valence-corrected chi connectivity index (χ2v) is 4.49. The first-order chi connectivity index (χ1) is 5.56. The molecule has 0 aromatic heterocycles. The average molecular weight is 170 g/mol. The third-order valence-corrected chi connectivity index (χ3v) is 3.90. The van der Waals surface area contributed by atoms with Crippen LogP contribution in [0.2, 0.25) is 0 Å². The highest BCUT2D eigenvalue weighted by Gasteiger charge is 2.51. The molecule has 0 aromatic rings. The van der Waals surface area contributed by atoms with Gasteiger partial charge in [-0.2, -0.15) is 0 Å². The van der Waals surface area contributed by atoms with Gasteiger partial charge in [-0.05, 0) is 45.4 Å². The Bertz CT molecular complexity index is 197. The van der Waals surface area contributed by atoms with Crippen molar-refractivity contribution in [2.24, 2.45) is 5.41 Å². The molecular weight excluding hydrogens is 155 g/mol. The lowest BCUT2D eigenvalue weighted by Crippen LogP contribution is -2.46. The Balaban J connectivity index is 2.20. The predicted molar refractivity (Wildman–Crippen MR) is 44.7 cm³/mol. The molecule has 3 rings (SSSR count). The summed E-state index contributed by atoms with van der Waals surface area (Å²) in [6, 6.07) is 0. The average Bonchev–Trinajstić information content (AvgIpc) is 2.06. The Hall–Kier alpha value is -0.400. The fraction of sp³-hybridized carbons (Fsp3) is 0.900. The Morgan fingerprint density at radius 3 is 1.83 bits per heavy atom. The molecule has 12 heavy (non-hydrogen) atoms. The molecular formula is C10H15FO. The van der Waals surface area contributed by atoms with Crippen molar-refractivity contribution in [3.63, 3.8) is 0 Å². The number of fused-ring (bicyclic) bond motifs is 3. The fourth-order valence-electron chi connectivity index (χ4n) is 2.67. The van der Waals surface area contributed by atoms with Gasteiger partial charge in [0.2, 0.25) is 0 Å². The number of carbonyl (C=O) groups is 1. The number of ketones is 1. The van der Waals surface area contributed by atoms with Crippen LogP contribution in [0.4, 0.5) is 4.39 Å². The van der Waals surface area contributed by atoms with Gasteiger partial charge in [0.05, 0.1) is 0 Å². The molecule has 1 nitrogen and oxygen atoms in total. The van der Waals surface area contributed by atoms with Gasteiger partial charge in [-0.15, -0.1) is 0 Å².